The first kappa shape index (κ1) is 22.6. The second-order valence-electron chi connectivity index (χ2n) is 7.50. The van der Waals surface area contributed by atoms with Gasteiger partial charge in [-0.2, -0.15) is 4.31 Å². The third kappa shape index (κ3) is 4.24. The largest absolute Gasteiger partial charge is 0.495 e. The molecule has 0 atom stereocenters. The Kier molecular flexibility index (Phi) is 6.26. The van der Waals surface area contributed by atoms with Gasteiger partial charge in [-0.15, -0.1) is 0 Å². The lowest BCUT2D eigenvalue weighted by Gasteiger charge is -2.23. The maximum Gasteiger partial charge on any atom is 0.280 e. The third-order valence-corrected chi connectivity index (χ3v) is 7.41. The molecule has 33 heavy (non-hydrogen) atoms. The summed E-state index contributed by atoms with van der Waals surface area (Å²) in [6.45, 7) is 2.15. The number of rotatable bonds is 8. The Labute approximate surface area is 192 Å². The summed E-state index contributed by atoms with van der Waals surface area (Å²) in [6, 6.07) is 17.1. The number of benzene rings is 2. The van der Waals surface area contributed by atoms with Crippen LogP contribution in [-0.2, 0) is 23.1 Å². The van der Waals surface area contributed by atoms with Crippen molar-refractivity contribution >= 4 is 21.8 Å². The van der Waals surface area contributed by atoms with Crippen molar-refractivity contribution in [3.05, 3.63) is 89.2 Å². The number of aromatic nitrogens is 1. The van der Waals surface area contributed by atoms with Gasteiger partial charge in [-0.1, -0.05) is 43.3 Å². The molecule has 2 heterocycles. The fourth-order valence-electron chi connectivity index (χ4n) is 3.75. The number of ether oxygens (including phenoxy) is 1. The number of imide groups is 1. The lowest BCUT2D eigenvalue weighted by molar-refractivity contribution is 0.0640. The van der Waals surface area contributed by atoms with Gasteiger partial charge < -0.3 is 4.74 Å². The standard InChI is InChI=1S/C24H23N3O5S/c1-3-26(15-17-8-5-4-6-9-17)33(30,31)21-14-18(11-12-20(21)32-2)16-27-23(28)19-10-7-13-25-22(19)24(27)29/h4-14H,3,15-16H2,1-2H3. The smallest absolute Gasteiger partial charge is 0.280 e. The van der Waals surface area contributed by atoms with Crippen molar-refractivity contribution < 1.29 is 22.7 Å². The van der Waals surface area contributed by atoms with Crippen molar-refractivity contribution in [2.75, 3.05) is 13.7 Å². The van der Waals surface area contributed by atoms with Gasteiger partial charge in [0.2, 0.25) is 10.0 Å². The van der Waals surface area contributed by atoms with E-state index in [1.807, 2.05) is 30.3 Å². The summed E-state index contributed by atoms with van der Waals surface area (Å²) in [5.41, 5.74) is 1.68. The number of fused-ring (bicyclic) bond motifs is 1. The third-order valence-electron chi connectivity index (χ3n) is 5.47. The number of hydrogen-bond acceptors (Lipinski definition) is 6. The molecule has 0 spiro atoms. The SMILES string of the molecule is CCN(Cc1ccccc1)S(=O)(=O)c1cc(CN2C(=O)c3cccnc3C2=O)ccc1OC. The minimum atomic E-state index is -3.92. The Morgan fingerprint density at radius 2 is 1.73 bits per heavy atom. The van der Waals surface area contributed by atoms with Crippen LogP contribution in [0.2, 0.25) is 0 Å². The number of pyridine rings is 1. The highest BCUT2D eigenvalue weighted by Crippen LogP contribution is 2.30. The average molecular weight is 466 g/mol. The normalized spacial score (nSPS) is 13.5. The van der Waals surface area contributed by atoms with E-state index in [-0.39, 0.29) is 41.5 Å². The summed E-state index contributed by atoms with van der Waals surface area (Å²) in [4.78, 5) is 30.4. The first-order valence-electron chi connectivity index (χ1n) is 10.4. The Morgan fingerprint density at radius 3 is 2.39 bits per heavy atom. The van der Waals surface area contributed by atoms with E-state index in [0.717, 1.165) is 10.5 Å². The lowest BCUT2D eigenvalue weighted by atomic mass is 10.2. The van der Waals surface area contributed by atoms with Crippen molar-refractivity contribution in [2.24, 2.45) is 0 Å². The Balaban J connectivity index is 1.66. The number of hydrogen-bond donors (Lipinski definition) is 0. The first-order valence-corrected chi connectivity index (χ1v) is 11.8. The van der Waals surface area contributed by atoms with E-state index in [0.29, 0.717) is 5.56 Å². The van der Waals surface area contributed by atoms with Crippen LogP contribution in [0.25, 0.3) is 0 Å². The number of amides is 2. The monoisotopic (exact) mass is 465 g/mol. The highest BCUT2D eigenvalue weighted by atomic mass is 32.2. The zero-order valence-corrected chi connectivity index (χ0v) is 19.1. The van der Waals surface area contributed by atoms with Gasteiger partial charge in [0.05, 0.1) is 19.2 Å². The second kappa shape index (κ2) is 9.13. The van der Waals surface area contributed by atoms with Gasteiger partial charge in [0, 0.05) is 19.3 Å². The van der Waals surface area contributed by atoms with E-state index in [1.165, 1.54) is 29.7 Å². The minimum Gasteiger partial charge on any atom is -0.495 e. The van der Waals surface area contributed by atoms with E-state index in [1.54, 1.807) is 25.1 Å². The zero-order valence-electron chi connectivity index (χ0n) is 18.3. The summed E-state index contributed by atoms with van der Waals surface area (Å²) in [5.74, 6) is -0.771. The van der Waals surface area contributed by atoms with Crippen LogP contribution in [0.3, 0.4) is 0 Å². The average Bonchev–Trinajstić information content (AvgIpc) is 3.08. The van der Waals surface area contributed by atoms with E-state index < -0.39 is 21.8 Å². The molecule has 2 amide bonds. The van der Waals surface area contributed by atoms with Crippen LogP contribution in [0.5, 0.6) is 5.75 Å². The summed E-state index contributed by atoms with van der Waals surface area (Å²) in [5, 5.41) is 0. The molecule has 1 aliphatic heterocycles. The van der Waals surface area contributed by atoms with Gasteiger partial charge in [0.25, 0.3) is 11.8 Å². The molecule has 0 fully saturated rings. The number of nitrogens with zero attached hydrogens (tertiary/aromatic N) is 3. The van der Waals surface area contributed by atoms with Crippen LogP contribution in [0.15, 0.2) is 71.8 Å². The molecule has 0 N–H and O–H groups in total. The molecule has 4 rings (SSSR count). The predicted octanol–water partition coefficient (Wildman–Crippen LogP) is 3.10. The highest BCUT2D eigenvalue weighted by molar-refractivity contribution is 7.89. The molecule has 1 aliphatic rings. The molecule has 1 aromatic heterocycles. The molecule has 0 unspecified atom stereocenters. The summed E-state index contributed by atoms with van der Waals surface area (Å²) >= 11 is 0. The van der Waals surface area contributed by atoms with Crippen LogP contribution < -0.4 is 4.74 Å². The quantitative estimate of drug-likeness (QED) is 0.474. The maximum atomic E-state index is 13.5. The molecule has 0 bridgehead atoms. The molecule has 2 aromatic carbocycles. The Hall–Kier alpha value is -3.56. The number of sulfonamides is 1. The molecule has 9 heteroatoms. The van der Waals surface area contributed by atoms with Crippen LogP contribution >= 0.6 is 0 Å². The van der Waals surface area contributed by atoms with E-state index in [9.17, 15) is 18.0 Å². The zero-order chi connectivity index (χ0) is 23.6. The van der Waals surface area contributed by atoms with Crippen LogP contribution in [0.1, 0.15) is 38.9 Å². The molecule has 3 aromatic rings. The number of carbonyl (C=O) groups excluding carboxylic acids is 2. The predicted molar refractivity (Wildman–Crippen MR) is 121 cm³/mol. The minimum absolute atomic E-state index is 0.0185. The second-order valence-corrected chi connectivity index (χ2v) is 9.40. The highest BCUT2D eigenvalue weighted by Gasteiger charge is 2.37. The summed E-state index contributed by atoms with van der Waals surface area (Å²) in [7, 11) is -2.52. The Morgan fingerprint density at radius 1 is 0.970 bits per heavy atom. The van der Waals surface area contributed by atoms with E-state index in [4.69, 9.17) is 4.74 Å². The van der Waals surface area contributed by atoms with Gasteiger partial charge in [0.1, 0.15) is 16.3 Å². The van der Waals surface area contributed by atoms with Crippen LogP contribution in [0, 0.1) is 0 Å². The van der Waals surface area contributed by atoms with E-state index in [2.05, 4.69) is 4.98 Å². The lowest BCUT2D eigenvalue weighted by Crippen LogP contribution is -2.31. The number of carbonyl (C=O) groups is 2. The van der Waals surface area contributed by atoms with Gasteiger partial charge in [-0.3, -0.25) is 19.5 Å². The molecule has 0 saturated heterocycles. The van der Waals surface area contributed by atoms with Crippen molar-refractivity contribution in [1.29, 1.82) is 0 Å². The fraction of sp³-hybridized carbons (Fsp3) is 0.208. The van der Waals surface area contributed by atoms with Gasteiger partial charge in [0.15, 0.2) is 0 Å². The van der Waals surface area contributed by atoms with Crippen molar-refractivity contribution in [1.82, 2.24) is 14.2 Å². The first-order chi connectivity index (χ1) is 15.9. The summed E-state index contributed by atoms with van der Waals surface area (Å²) < 4.78 is 33.8. The van der Waals surface area contributed by atoms with Crippen molar-refractivity contribution in [3.8, 4) is 5.75 Å². The Bertz CT molecular complexity index is 1270. The molecule has 0 radical (unpaired) electrons. The molecule has 0 aliphatic carbocycles. The molecular weight excluding hydrogens is 442 g/mol. The van der Waals surface area contributed by atoms with Crippen LogP contribution in [0.4, 0.5) is 0 Å². The van der Waals surface area contributed by atoms with Gasteiger partial charge >= 0.3 is 0 Å². The topological polar surface area (TPSA) is 96.9 Å². The van der Waals surface area contributed by atoms with Crippen molar-refractivity contribution in [2.45, 2.75) is 24.9 Å². The summed E-state index contributed by atoms with van der Waals surface area (Å²) in [6.07, 6.45) is 1.46. The molecule has 170 valence electrons. The van der Waals surface area contributed by atoms with Gasteiger partial charge in [-0.05, 0) is 35.4 Å². The fourth-order valence-corrected chi connectivity index (χ4v) is 5.40. The number of methoxy groups -OCH3 is 1. The molecule has 0 saturated carbocycles. The van der Waals surface area contributed by atoms with E-state index >= 15 is 0 Å². The molecular formula is C24H23N3O5S. The van der Waals surface area contributed by atoms with Gasteiger partial charge in [-0.25, -0.2) is 8.42 Å². The maximum absolute atomic E-state index is 13.5. The van der Waals surface area contributed by atoms with Crippen LogP contribution in [-0.4, -0.2) is 48.1 Å². The van der Waals surface area contributed by atoms with Crippen molar-refractivity contribution in [3.63, 3.8) is 0 Å². The molecule has 8 nitrogen and oxygen atoms in total.